The van der Waals surface area contributed by atoms with Crippen molar-refractivity contribution < 1.29 is 0 Å². The van der Waals surface area contributed by atoms with Crippen LogP contribution in [0, 0.1) is 5.92 Å². The van der Waals surface area contributed by atoms with Gasteiger partial charge in [0.15, 0.2) is 0 Å². The number of nitrogens with one attached hydrogen (secondary N) is 1. The van der Waals surface area contributed by atoms with Crippen LogP contribution in [0.4, 0.5) is 5.82 Å². The van der Waals surface area contributed by atoms with Crippen LogP contribution in [-0.4, -0.2) is 16.5 Å². The number of aromatic nitrogens is 2. The Hall–Kier alpha value is -0.830. The van der Waals surface area contributed by atoms with Gasteiger partial charge >= 0.3 is 0 Å². The van der Waals surface area contributed by atoms with Gasteiger partial charge in [-0.3, -0.25) is 0 Å². The molecule has 0 bridgehead atoms. The first-order valence-corrected chi connectivity index (χ1v) is 6.84. The number of hydrogen-bond donors (Lipinski definition) is 1. The van der Waals surface area contributed by atoms with Gasteiger partial charge in [0, 0.05) is 19.0 Å². The Morgan fingerprint density at radius 1 is 1.24 bits per heavy atom. The molecule has 1 aromatic rings. The van der Waals surface area contributed by atoms with Crippen LogP contribution in [0.15, 0.2) is 6.07 Å². The van der Waals surface area contributed by atoms with Crippen LogP contribution in [0.1, 0.15) is 45.9 Å². The number of rotatable bonds is 7. The van der Waals surface area contributed by atoms with E-state index in [9.17, 15) is 0 Å². The highest BCUT2D eigenvalue weighted by Crippen LogP contribution is 2.14. The van der Waals surface area contributed by atoms with Gasteiger partial charge < -0.3 is 5.32 Å². The Balaban J connectivity index is 2.63. The Morgan fingerprint density at radius 3 is 2.53 bits per heavy atom. The Bertz CT molecular complexity index is 337. The summed E-state index contributed by atoms with van der Waals surface area (Å²) in [5.41, 5.74) is 0. The Morgan fingerprint density at radius 2 is 1.94 bits per heavy atom. The molecule has 1 aromatic heterocycles. The summed E-state index contributed by atoms with van der Waals surface area (Å²) in [6.07, 6.45) is 4.28. The SMILES string of the molecule is CCCc1nc(Cl)cc(NCC(CC)CC)n1. The molecule has 3 nitrogen and oxygen atoms in total. The number of nitrogens with zero attached hydrogens (tertiary/aromatic N) is 2. The zero-order valence-electron chi connectivity index (χ0n) is 11.0. The van der Waals surface area contributed by atoms with Crippen molar-refractivity contribution >= 4 is 17.4 Å². The van der Waals surface area contributed by atoms with Crippen molar-refractivity contribution in [3.05, 3.63) is 17.0 Å². The fourth-order valence-electron chi connectivity index (χ4n) is 1.72. The number of aryl methyl sites for hydroxylation is 1. The predicted octanol–water partition coefficient (Wildman–Crippen LogP) is 3.93. The molecule has 0 spiro atoms. The van der Waals surface area contributed by atoms with Crippen LogP contribution in [0.2, 0.25) is 5.15 Å². The minimum absolute atomic E-state index is 0.524. The summed E-state index contributed by atoms with van der Waals surface area (Å²) in [5.74, 6) is 2.37. The van der Waals surface area contributed by atoms with Crippen molar-refractivity contribution in [2.24, 2.45) is 5.92 Å². The van der Waals surface area contributed by atoms with Crippen molar-refractivity contribution in [3.63, 3.8) is 0 Å². The van der Waals surface area contributed by atoms with E-state index in [1.807, 2.05) is 0 Å². The fourth-order valence-corrected chi connectivity index (χ4v) is 1.92. The Labute approximate surface area is 109 Å². The molecule has 0 aromatic carbocycles. The largest absolute Gasteiger partial charge is 0.370 e. The minimum atomic E-state index is 0.524. The molecule has 17 heavy (non-hydrogen) atoms. The first kappa shape index (κ1) is 14.2. The number of anilines is 1. The zero-order chi connectivity index (χ0) is 12.7. The highest BCUT2D eigenvalue weighted by Gasteiger charge is 2.06. The molecule has 0 saturated heterocycles. The molecule has 1 N–H and O–H groups in total. The van der Waals surface area contributed by atoms with E-state index in [-0.39, 0.29) is 0 Å². The minimum Gasteiger partial charge on any atom is -0.370 e. The summed E-state index contributed by atoms with van der Waals surface area (Å²) in [4.78, 5) is 8.66. The van der Waals surface area contributed by atoms with Crippen molar-refractivity contribution in [3.8, 4) is 0 Å². The number of halogens is 1. The predicted molar refractivity (Wildman–Crippen MR) is 73.6 cm³/mol. The summed E-state index contributed by atoms with van der Waals surface area (Å²) in [6, 6.07) is 1.79. The third-order valence-corrected chi connectivity index (χ3v) is 3.13. The van der Waals surface area contributed by atoms with E-state index in [0.717, 1.165) is 31.0 Å². The second-order valence-electron chi connectivity index (χ2n) is 4.31. The fraction of sp³-hybridized carbons (Fsp3) is 0.692. The van der Waals surface area contributed by atoms with Gasteiger partial charge in [0.1, 0.15) is 16.8 Å². The maximum atomic E-state index is 5.98. The summed E-state index contributed by atoms with van der Waals surface area (Å²) in [7, 11) is 0. The van der Waals surface area contributed by atoms with Gasteiger partial charge in [-0.25, -0.2) is 9.97 Å². The molecule has 0 atom stereocenters. The second-order valence-corrected chi connectivity index (χ2v) is 4.69. The zero-order valence-corrected chi connectivity index (χ0v) is 11.7. The van der Waals surface area contributed by atoms with E-state index >= 15 is 0 Å². The van der Waals surface area contributed by atoms with Crippen molar-refractivity contribution in [1.82, 2.24) is 9.97 Å². The standard InChI is InChI=1S/C13H22ClN3/c1-4-7-12-16-11(14)8-13(17-12)15-9-10(5-2)6-3/h8,10H,4-7,9H2,1-3H3,(H,15,16,17). The summed E-state index contributed by atoms with van der Waals surface area (Å²) in [6.45, 7) is 7.49. The first-order valence-electron chi connectivity index (χ1n) is 6.46. The van der Waals surface area contributed by atoms with E-state index in [1.54, 1.807) is 6.07 Å². The van der Waals surface area contributed by atoms with E-state index in [1.165, 1.54) is 12.8 Å². The normalized spacial score (nSPS) is 10.9. The van der Waals surface area contributed by atoms with Crippen LogP contribution in [0.3, 0.4) is 0 Å². The molecule has 0 aliphatic rings. The van der Waals surface area contributed by atoms with E-state index in [0.29, 0.717) is 11.1 Å². The van der Waals surface area contributed by atoms with Crippen LogP contribution < -0.4 is 5.32 Å². The molecule has 0 unspecified atom stereocenters. The summed E-state index contributed by atoms with van der Waals surface area (Å²) < 4.78 is 0. The molecule has 0 amide bonds. The average molecular weight is 256 g/mol. The second kappa shape index (κ2) is 7.49. The molecule has 1 rings (SSSR count). The molecular weight excluding hydrogens is 234 g/mol. The lowest BCUT2D eigenvalue weighted by molar-refractivity contribution is 0.518. The summed E-state index contributed by atoms with van der Waals surface area (Å²) >= 11 is 5.98. The van der Waals surface area contributed by atoms with E-state index < -0.39 is 0 Å². The third-order valence-electron chi connectivity index (χ3n) is 2.94. The summed E-state index contributed by atoms with van der Waals surface area (Å²) in [5, 5.41) is 3.87. The molecule has 4 heteroatoms. The van der Waals surface area contributed by atoms with Gasteiger partial charge in [0.25, 0.3) is 0 Å². The molecular formula is C13H22ClN3. The molecule has 0 saturated carbocycles. The lowest BCUT2D eigenvalue weighted by Gasteiger charge is -2.14. The van der Waals surface area contributed by atoms with Crippen LogP contribution >= 0.6 is 11.6 Å². The van der Waals surface area contributed by atoms with Gasteiger partial charge in [-0.2, -0.15) is 0 Å². The van der Waals surface area contributed by atoms with Crippen molar-refractivity contribution in [2.75, 3.05) is 11.9 Å². The van der Waals surface area contributed by atoms with Gasteiger partial charge in [-0.1, -0.05) is 45.2 Å². The van der Waals surface area contributed by atoms with Crippen LogP contribution in [-0.2, 0) is 6.42 Å². The maximum absolute atomic E-state index is 5.98. The van der Waals surface area contributed by atoms with E-state index in [4.69, 9.17) is 11.6 Å². The number of hydrogen-bond acceptors (Lipinski definition) is 3. The van der Waals surface area contributed by atoms with Gasteiger partial charge in [0.05, 0.1) is 0 Å². The van der Waals surface area contributed by atoms with Crippen LogP contribution in [0.25, 0.3) is 0 Å². The van der Waals surface area contributed by atoms with E-state index in [2.05, 4.69) is 36.1 Å². The molecule has 1 heterocycles. The topological polar surface area (TPSA) is 37.8 Å². The van der Waals surface area contributed by atoms with Crippen molar-refractivity contribution in [2.45, 2.75) is 46.5 Å². The highest BCUT2D eigenvalue weighted by atomic mass is 35.5. The smallest absolute Gasteiger partial charge is 0.134 e. The molecule has 96 valence electrons. The quantitative estimate of drug-likeness (QED) is 0.750. The van der Waals surface area contributed by atoms with Gasteiger partial charge in [-0.05, 0) is 12.3 Å². The molecule has 0 aliphatic carbocycles. The lowest BCUT2D eigenvalue weighted by Crippen LogP contribution is -2.14. The van der Waals surface area contributed by atoms with Gasteiger partial charge in [0.2, 0.25) is 0 Å². The average Bonchev–Trinajstić information content (AvgIpc) is 2.30. The van der Waals surface area contributed by atoms with Crippen molar-refractivity contribution in [1.29, 1.82) is 0 Å². The molecule has 0 radical (unpaired) electrons. The third kappa shape index (κ3) is 4.90. The maximum Gasteiger partial charge on any atom is 0.134 e. The first-order chi connectivity index (χ1) is 8.19. The van der Waals surface area contributed by atoms with Gasteiger partial charge in [-0.15, -0.1) is 0 Å². The monoisotopic (exact) mass is 255 g/mol. The lowest BCUT2D eigenvalue weighted by atomic mass is 10.0. The molecule has 0 fully saturated rings. The van der Waals surface area contributed by atoms with Crippen LogP contribution in [0.5, 0.6) is 0 Å². The Kier molecular flexibility index (Phi) is 6.27. The highest BCUT2D eigenvalue weighted by molar-refractivity contribution is 6.29. The molecule has 0 aliphatic heterocycles.